The van der Waals surface area contributed by atoms with Crippen LogP contribution in [0.1, 0.15) is 6.42 Å². The molecule has 0 aliphatic carbocycles. The highest BCUT2D eigenvalue weighted by Gasteiger charge is 2.36. The van der Waals surface area contributed by atoms with E-state index in [1.54, 1.807) is 0 Å². The first-order valence-electron chi connectivity index (χ1n) is 2.12. The van der Waals surface area contributed by atoms with Gasteiger partial charge in [0.2, 0.25) is 0 Å². The van der Waals surface area contributed by atoms with Crippen LogP contribution in [0.2, 0.25) is 0 Å². The standard InChI is InChI=1S/C3H6N2O/c1-2-4-5-3(1)6-2/h2-5H,1H2. The van der Waals surface area contributed by atoms with Crippen molar-refractivity contribution in [2.75, 3.05) is 0 Å². The summed E-state index contributed by atoms with van der Waals surface area (Å²) in [5, 5.41) is 0. The van der Waals surface area contributed by atoms with Gasteiger partial charge >= 0.3 is 0 Å². The maximum absolute atomic E-state index is 5.03. The van der Waals surface area contributed by atoms with Gasteiger partial charge in [-0.25, -0.2) is 10.9 Å². The monoisotopic (exact) mass is 86.0 g/mol. The summed E-state index contributed by atoms with van der Waals surface area (Å²) in [6.45, 7) is 0. The molecule has 34 valence electrons. The Morgan fingerprint density at radius 2 is 1.83 bits per heavy atom. The molecule has 3 heterocycles. The maximum atomic E-state index is 5.03. The molecule has 2 unspecified atom stereocenters. The van der Waals surface area contributed by atoms with Gasteiger partial charge in [-0.1, -0.05) is 0 Å². The van der Waals surface area contributed by atoms with E-state index in [9.17, 15) is 0 Å². The van der Waals surface area contributed by atoms with Crippen molar-refractivity contribution < 1.29 is 4.74 Å². The summed E-state index contributed by atoms with van der Waals surface area (Å²) in [6, 6.07) is 0. The molecule has 0 saturated carbocycles. The summed E-state index contributed by atoms with van der Waals surface area (Å²) in [5.41, 5.74) is 5.84. The van der Waals surface area contributed by atoms with Crippen molar-refractivity contribution in [2.45, 2.75) is 18.9 Å². The third kappa shape index (κ3) is 0.194. The topological polar surface area (TPSA) is 33.3 Å². The Morgan fingerprint density at radius 1 is 1.33 bits per heavy atom. The van der Waals surface area contributed by atoms with Gasteiger partial charge in [0.05, 0.1) is 0 Å². The Labute approximate surface area is 35.6 Å². The molecule has 3 heteroatoms. The number of fused-ring (bicyclic) bond motifs is 1. The van der Waals surface area contributed by atoms with E-state index in [1.807, 2.05) is 0 Å². The molecule has 0 amide bonds. The molecule has 0 aromatic carbocycles. The highest BCUT2D eigenvalue weighted by atomic mass is 16.6. The molecule has 0 aromatic rings. The zero-order valence-corrected chi connectivity index (χ0v) is 3.27. The number of hydrazine groups is 1. The molecule has 2 N–H and O–H groups in total. The van der Waals surface area contributed by atoms with Gasteiger partial charge in [-0.3, -0.25) is 0 Å². The van der Waals surface area contributed by atoms with Gasteiger partial charge in [0.15, 0.2) is 0 Å². The maximum Gasteiger partial charge on any atom is 0.126 e. The largest absolute Gasteiger partial charge is 0.342 e. The minimum Gasteiger partial charge on any atom is -0.342 e. The van der Waals surface area contributed by atoms with E-state index in [-0.39, 0.29) is 0 Å². The summed E-state index contributed by atoms with van der Waals surface area (Å²) in [7, 11) is 0. The van der Waals surface area contributed by atoms with Crippen LogP contribution >= 0.6 is 0 Å². The van der Waals surface area contributed by atoms with Gasteiger partial charge in [-0.05, 0) is 0 Å². The third-order valence-corrected chi connectivity index (χ3v) is 1.16. The van der Waals surface area contributed by atoms with E-state index in [0.717, 1.165) is 6.42 Å². The first kappa shape index (κ1) is 2.96. The predicted octanol–water partition coefficient (Wildman–Crippen LogP) is -0.833. The highest BCUT2D eigenvalue weighted by molar-refractivity contribution is 4.78. The third-order valence-electron chi connectivity index (χ3n) is 1.16. The van der Waals surface area contributed by atoms with Crippen molar-refractivity contribution in [3.8, 4) is 0 Å². The van der Waals surface area contributed by atoms with E-state index in [2.05, 4.69) is 10.9 Å². The van der Waals surface area contributed by atoms with E-state index in [0.29, 0.717) is 12.5 Å². The van der Waals surface area contributed by atoms with Gasteiger partial charge in [-0.2, -0.15) is 0 Å². The van der Waals surface area contributed by atoms with E-state index in [4.69, 9.17) is 4.74 Å². The van der Waals surface area contributed by atoms with Crippen LogP contribution in [-0.2, 0) is 4.74 Å². The lowest BCUT2D eigenvalue weighted by Gasteiger charge is -2.19. The molecule has 3 nitrogen and oxygen atoms in total. The van der Waals surface area contributed by atoms with E-state index < -0.39 is 0 Å². The zero-order chi connectivity index (χ0) is 3.98. The van der Waals surface area contributed by atoms with Crippen molar-refractivity contribution in [1.29, 1.82) is 0 Å². The number of ether oxygens (including phenoxy) is 1. The molecule has 3 fully saturated rings. The smallest absolute Gasteiger partial charge is 0.126 e. The second kappa shape index (κ2) is 0.753. The first-order chi connectivity index (χ1) is 2.95. The molecule has 2 bridgehead atoms. The molecule has 6 heavy (non-hydrogen) atoms. The zero-order valence-electron chi connectivity index (χ0n) is 3.27. The fraction of sp³-hybridized carbons (Fsp3) is 1.00. The number of hydrogen-bond acceptors (Lipinski definition) is 3. The van der Waals surface area contributed by atoms with Crippen molar-refractivity contribution in [3.05, 3.63) is 0 Å². The molecule has 0 radical (unpaired) electrons. The van der Waals surface area contributed by atoms with Gasteiger partial charge in [0.1, 0.15) is 12.5 Å². The van der Waals surface area contributed by atoms with Gasteiger partial charge in [0.25, 0.3) is 0 Å². The molecule has 3 aliphatic rings. The second-order valence-electron chi connectivity index (χ2n) is 1.64. The van der Waals surface area contributed by atoms with Crippen LogP contribution in [0.25, 0.3) is 0 Å². The number of nitrogens with one attached hydrogen (secondary N) is 2. The van der Waals surface area contributed by atoms with Crippen molar-refractivity contribution >= 4 is 0 Å². The van der Waals surface area contributed by atoms with Crippen LogP contribution < -0.4 is 10.9 Å². The average molecular weight is 86.1 g/mol. The van der Waals surface area contributed by atoms with Crippen LogP contribution in [0.15, 0.2) is 0 Å². The molecule has 2 atom stereocenters. The first-order valence-corrected chi connectivity index (χ1v) is 2.12. The minimum atomic E-state index is 0.329. The van der Waals surface area contributed by atoms with Crippen LogP contribution in [0.5, 0.6) is 0 Å². The molecular weight excluding hydrogens is 80.0 g/mol. The summed E-state index contributed by atoms with van der Waals surface area (Å²) in [5.74, 6) is 0. The van der Waals surface area contributed by atoms with Crippen molar-refractivity contribution in [1.82, 2.24) is 10.9 Å². The number of rotatable bonds is 0. The molecule has 0 aromatic heterocycles. The van der Waals surface area contributed by atoms with Gasteiger partial charge in [0, 0.05) is 6.42 Å². The lowest BCUT2D eigenvalue weighted by Crippen LogP contribution is -2.30. The fourth-order valence-electron chi connectivity index (χ4n) is 0.753. The Morgan fingerprint density at radius 3 is 2.00 bits per heavy atom. The lowest BCUT2D eigenvalue weighted by atomic mass is 10.3. The summed E-state index contributed by atoms with van der Waals surface area (Å²) in [4.78, 5) is 0. The SMILES string of the molecule is C1C2NNC1O2. The summed E-state index contributed by atoms with van der Waals surface area (Å²) >= 11 is 0. The molecular formula is C3H6N2O. The lowest BCUT2D eigenvalue weighted by molar-refractivity contribution is -0.0745. The Bertz CT molecular complexity index is 55.7. The quantitative estimate of drug-likeness (QED) is 0.403. The molecule has 3 saturated heterocycles. The second-order valence-corrected chi connectivity index (χ2v) is 1.64. The fourth-order valence-corrected chi connectivity index (χ4v) is 0.753. The van der Waals surface area contributed by atoms with Gasteiger partial charge < -0.3 is 4.74 Å². The number of hydrogen-bond donors (Lipinski definition) is 2. The predicted molar refractivity (Wildman–Crippen MR) is 19.5 cm³/mol. The van der Waals surface area contributed by atoms with Crippen LogP contribution in [0.4, 0.5) is 0 Å². The summed E-state index contributed by atoms with van der Waals surface area (Å²) in [6.07, 6.45) is 1.80. The molecule has 0 spiro atoms. The van der Waals surface area contributed by atoms with Crippen LogP contribution in [0, 0.1) is 0 Å². The highest BCUT2D eigenvalue weighted by Crippen LogP contribution is 2.19. The molecule has 3 aliphatic heterocycles. The Kier molecular flexibility index (Phi) is 0.371. The normalized spacial score (nSPS) is 52.0. The molecule has 3 rings (SSSR count). The van der Waals surface area contributed by atoms with Gasteiger partial charge in [-0.15, -0.1) is 0 Å². The van der Waals surface area contributed by atoms with Crippen molar-refractivity contribution in [2.24, 2.45) is 0 Å². The van der Waals surface area contributed by atoms with E-state index >= 15 is 0 Å². The minimum absolute atomic E-state index is 0.329. The Balaban J connectivity index is 2.16. The summed E-state index contributed by atoms with van der Waals surface area (Å²) < 4.78 is 5.03. The van der Waals surface area contributed by atoms with Crippen molar-refractivity contribution in [3.63, 3.8) is 0 Å². The van der Waals surface area contributed by atoms with E-state index in [1.165, 1.54) is 0 Å². The van der Waals surface area contributed by atoms with Crippen LogP contribution in [-0.4, -0.2) is 12.5 Å². The Hall–Kier alpha value is -0.120. The van der Waals surface area contributed by atoms with Crippen LogP contribution in [0.3, 0.4) is 0 Å². The average Bonchev–Trinajstić information content (AvgIpc) is 1.72.